The predicted molar refractivity (Wildman–Crippen MR) is 86.6 cm³/mol. The molecule has 7 heteroatoms. The molecule has 2 rings (SSSR count). The number of nitrogens with zero attached hydrogens (tertiary/aromatic N) is 2. The Morgan fingerprint density at radius 1 is 1.29 bits per heavy atom. The maximum atomic E-state index is 13.3. The van der Waals surface area contributed by atoms with Crippen molar-refractivity contribution in [3.05, 3.63) is 12.1 Å². The molecule has 1 aliphatic rings. The van der Waals surface area contributed by atoms with Gasteiger partial charge in [-0.05, 0) is 39.5 Å². The molecule has 1 aliphatic heterocycles. The Kier molecular flexibility index (Phi) is 5.50. The van der Waals surface area contributed by atoms with Crippen LogP contribution in [0.5, 0.6) is 11.6 Å². The van der Waals surface area contributed by atoms with Crippen LogP contribution in [-0.2, 0) is 0 Å². The van der Waals surface area contributed by atoms with E-state index in [-0.39, 0.29) is 30.4 Å². The summed E-state index contributed by atoms with van der Waals surface area (Å²) in [5.41, 5.74) is -0.502. The van der Waals surface area contributed by atoms with Gasteiger partial charge in [-0.15, -0.1) is 0 Å². The average molecular weight is 346 g/mol. The fourth-order valence-electron chi connectivity index (χ4n) is 3.16. The molecule has 1 aromatic rings. The van der Waals surface area contributed by atoms with Crippen LogP contribution in [0.4, 0.5) is 19.0 Å². The van der Waals surface area contributed by atoms with Gasteiger partial charge >= 0.3 is 6.18 Å². The van der Waals surface area contributed by atoms with Crippen LogP contribution in [0.25, 0.3) is 0 Å². The summed E-state index contributed by atoms with van der Waals surface area (Å²) in [4.78, 5) is 5.46. The van der Waals surface area contributed by atoms with E-state index >= 15 is 0 Å². The normalized spacial score (nSPS) is 19.4. The first-order valence-corrected chi connectivity index (χ1v) is 8.36. The lowest BCUT2D eigenvalue weighted by atomic mass is 10.0. The third kappa shape index (κ3) is 4.68. The molecular formula is C17H25F3N2O2. The van der Waals surface area contributed by atoms with Gasteiger partial charge in [-0.2, -0.15) is 18.2 Å². The molecule has 0 saturated carbocycles. The van der Waals surface area contributed by atoms with E-state index in [9.17, 15) is 18.3 Å². The first kappa shape index (κ1) is 18.7. The van der Waals surface area contributed by atoms with Crippen molar-refractivity contribution in [1.82, 2.24) is 4.98 Å². The molecule has 1 saturated heterocycles. The van der Waals surface area contributed by atoms with Crippen molar-refractivity contribution in [1.29, 1.82) is 0 Å². The van der Waals surface area contributed by atoms with Gasteiger partial charge in [-0.1, -0.05) is 13.3 Å². The minimum atomic E-state index is -4.32. The second-order valence-corrected chi connectivity index (χ2v) is 6.88. The van der Waals surface area contributed by atoms with Gasteiger partial charge in [0.05, 0.1) is 0 Å². The van der Waals surface area contributed by atoms with Gasteiger partial charge in [0.1, 0.15) is 23.2 Å². The van der Waals surface area contributed by atoms with Crippen LogP contribution in [-0.4, -0.2) is 34.5 Å². The molecule has 0 radical (unpaired) electrons. The Morgan fingerprint density at radius 3 is 2.62 bits per heavy atom. The highest BCUT2D eigenvalue weighted by molar-refractivity contribution is 5.48. The molecule has 0 bridgehead atoms. The molecular weight excluding hydrogens is 321 g/mol. The highest BCUT2D eigenvalue weighted by Gasteiger charge is 2.45. The van der Waals surface area contributed by atoms with Gasteiger partial charge < -0.3 is 14.7 Å². The van der Waals surface area contributed by atoms with Crippen LogP contribution in [0, 0.1) is 0 Å². The second-order valence-electron chi connectivity index (χ2n) is 6.88. The number of hydrogen-bond acceptors (Lipinski definition) is 4. The number of aromatic nitrogens is 1. The van der Waals surface area contributed by atoms with Gasteiger partial charge in [0.15, 0.2) is 0 Å². The monoisotopic (exact) mass is 346 g/mol. The maximum Gasteiger partial charge on any atom is 0.408 e. The van der Waals surface area contributed by atoms with E-state index in [4.69, 9.17) is 4.74 Å². The summed E-state index contributed by atoms with van der Waals surface area (Å²) in [6.45, 7) is 6.06. The Morgan fingerprint density at radius 2 is 2.00 bits per heavy atom. The second kappa shape index (κ2) is 7.07. The van der Waals surface area contributed by atoms with Gasteiger partial charge in [0.25, 0.3) is 0 Å². The van der Waals surface area contributed by atoms with Crippen molar-refractivity contribution < 1.29 is 23.0 Å². The molecule has 0 aliphatic carbocycles. The van der Waals surface area contributed by atoms with Crippen molar-refractivity contribution in [3.63, 3.8) is 0 Å². The summed E-state index contributed by atoms with van der Waals surface area (Å²) in [6, 6.07) is 1.04. The number of piperidine rings is 1. The molecule has 1 unspecified atom stereocenters. The fourth-order valence-corrected chi connectivity index (χ4v) is 3.16. The molecule has 0 aromatic carbocycles. The van der Waals surface area contributed by atoms with Crippen molar-refractivity contribution >= 4 is 5.82 Å². The van der Waals surface area contributed by atoms with Crippen molar-refractivity contribution in [3.8, 4) is 11.6 Å². The van der Waals surface area contributed by atoms with E-state index in [0.29, 0.717) is 12.8 Å². The van der Waals surface area contributed by atoms with Crippen LogP contribution >= 0.6 is 0 Å². The van der Waals surface area contributed by atoms with E-state index < -0.39 is 17.8 Å². The van der Waals surface area contributed by atoms with Crippen LogP contribution in [0.1, 0.15) is 52.9 Å². The Bertz CT molecular complexity index is 561. The van der Waals surface area contributed by atoms with Crippen LogP contribution in [0.15, 0.2) is 12.1 Å². The molecule has 1 aromatic heterocycles. The number of anilines is 1. The molecule has 0 spiro atoms. The van der Waals surface area contributed by atoms with E-state index in [1.54, 1.807) is 0 Å². The summed E-state index contributed by atoms with van der Waals surface area (Å²) in [6.07, 6.45) is -1.41. The number of halogens is 3. The highest BCUT2D eigenvalue weighted by atomic mass is 19.4. The largest absolute Gasteiger partial charge is 0.508 e. The minimum Gasteiger partial charge on any atom is -0.508 e. The summed E-state index contributed by atoms with van der Waals surface area (Å²) in [7, 11) is 0. The van der Waals surface area contributed by atoms with Crippen molar-refractivity contribution in [2.75, 3.05) is 11.4 Å². The topological polar surface area (TPSA) is 45.6 Å². The lowest BCUT2D eigenvalue weighted by Crippen LogP contribution is -2.49. The van der Waals surface area contributed by atoms with Crippen molar-refractivity contribution in [2.24, 2.45) is 0 Å². The number of pyridine rings is 1. The summed E-state index contributed by atoms with van der Waals surface area (Å²) < 4.78 is 45.7. The molecule has 0 amide bonds. The van der Waals surface area contributed by atoms with Gasteiger partial charge in [-0.25, -0.2) is 0 Å². The SMILES string of the molecule is CCCC(C)(C)Oc1cc(O)cc(N2CCCCC2C(F)(F)F)n1. The molecule has 1 atom stereocenters. The fraction of sp³-hybridized carbons (Fsp3) is 0.706. The summed E-state index contributed by atoms with van der Waals surface area (Å²) >= 11 is 0. The summed E-state index contributed by atoms with van der Waals surface area (Å²) in [5, 5.41) is 9.91. The Balaban J connectivity index is 2.29. The lowest BCUT2D eigenvalue weighted by Gasteiger charge is -2.37. The smallest absolute Gasteiger partial charge is 0.408 e. The quantitative estimate of drug-likeness (QED) is 0.842. The highest BCUT2D eigenvalue weighted by Crippen LogP contribution is 2.36. The number of hydrogen-bond donors (Lipinski definition) is 1. The standard InChI is InChI=1S/C17H25F3N2O2/c1-4-8-16(2,3)24-15-11-12(23)10-14(21-15)22-9-6-5-7-13(22)17(18,19)20/h10-11,13H,4-9H2,1-3H3,(H,21,23). The molecule has 1 N–H and O–H groups in total. The third-order valence-electron chi connectivity index (χ3n) is 4.18. The third-order valence-corrected chi connectivity index (χ3v) is 4.18. The van der Waals surface area contributed by atoms with Gasteiger partial charge in [0, 0.05) is 18.7 Å². The zero-order chi connectivity index (χ0) is 18.0. The number of aromatic hydroxyl groups is 1. The van der Waals surface area contributed by atoms with Crippen LogP contribution in [0.3, 0.4) is 0 Å². The minimum absolute atomic E-state index is 0.0400. The maximum absolute atomic E-state index is 13.3. The number of rotatable bonds is 5. The predicted octanol–water partition coefficient (Wildman–Crippen LogP) is 4.67. The zero-order valence-corrected chi connectivity index (χ0v) is 14.4. The average Bonchev–Trinajstić information content (AvgIpc) is 2.45. The lowest BCUT2D eigenvalue weighted by molar-refractivity contribution is -0.152. The molecule has 24 heavy (non-hydrogen) atoms. The van der Waals surface area contributed by atoms with Gasteiger partial charge in [0.2, 0.25) is 5.88 Å². The first-order valence-electron chi connectivity index (χ1n) is 8.36. The van der Waals surface area contributed by atoms with Gasteiger partial charge in [-0.3, -0.25) is 0 Å². The summed E-state index contributed by atoms with van der Waals surface area (Å²) in [5.74, 6) is 0.114. The molecule has 1 fully saturated rings. The molecule has 4 nitrogen and oxygen atoms in total. The van der Waals surface area contributed by atoms with E-state index in [0.717, 1.165) is 12.8 Å². The van der Waals surface area contributed by atoms with Crippen LogP contribution < -0.4 is 9.64 Å². The first-order chi connectivity index (χ1) is 11.1. The van der Waals surface area contributed by atoms with Crippen LogP contribution in [0.2, 0.25) is 0 Å². The molecule has 136 valence electrons. The molecule has 2 heterocycles. The van der Waals surface area contributed by atoms with Crippen molar-refractivity contribution in [2.45, 2.75) is 70.7 Å². The van der Waals surface area contributed by atoms with E-state index in [1.165, 1.54) is 17.0 Å². The number of alkyl halides is 3. The number of ether oxygens (including phenoxy) is 1. The Hall–Kier alpha value is -1.66. The zero-order valence-electron chi connectivity index (χ0n) is 14.4. The Labute approximate surface area is 140 Å². The van der Waals surface area contributed by atoms with E-state index in [1.807, 2.05) is 20.8 Å². The van der Waals surface area contributed by atoms with E-state index in [2.05, 4.69) is 4.98 Å².